The first-order chi connectivity index (χ1) is 10.7. The fraction of sp³-hybridized carbons (Fsp3) is 0.312. The molecule has 3 rings (SSSR count). The number of halogens is 1. The monoisotopic (exact) mass is 409 g/mol. The summed E-state index contributed by atoms with van der Waals surface area (Å²) >= 11 is 2.22. The summed E-state index contributed by atoms with van der Waals surface area (Å²) in [6, 6.07) is 9.40. The molecule has 2 heterocycles. The number of amides is 1. The normalized spacial score (nSPS) is 18.0. The zero-order chi connectivity index (χ0) is 15.4. The first-order valence-electron chi connectivity index (χ1n) is 7.20. The van der Waals surface area contributed by atoms with Gasteiger partial charge in [-0.2, -0.15) is 0 Å². The second-order valence-electron chi connectivity index (χ2n) is 5.19. The van der Waals surface area contributed by atoms with Crippen LogP contribution in [0.4, 0.5) is 0 Å². The summed E-state index contributed by atoms with van der Waals surface area (Å²) in [6.45, 7) is 1.36. The van der Waals surface area contributed by atoms with E-state index >= 15 is 0 Å². The Morgan fingerprint density at radius 1 is 1.36 bits per heavy atom. The molecule has 2 aromatic rings. The number of hydrogen-bond acceptors (Lipinski definition) is 4. The molecule has 0 bridgehead atoms. The first-order valence-corrected chi connectivity index (χ1v) is 8.28. The molecule has 1 atom stereocenters. The van der Waals surface area contributed by atoms with Gasteiger partial charge >= 0.3 is 0 Å². The molecule has 1 fully saturated rings. The summed E-state index contributed by atoms with van der Waals surface area (Å²) in [5.74, 6) is 0.623. The quantitative estimate of drug-likeness (QED) is 0.732. The van der Waals surface area contributed by atoms with Gasteiger partial charge in [-0.15, -0.1) is 0 Å². The molecule has 1 aliphatic heterocycles. The predicted octanol–water partition coefficient (Wildman–Crippen LogP) is 2.76. The lowest BCUT2D eigenvalue weighted by Crippen LogP contribution is -2.44. The standard InChI is InChI=1S/C16H16IN3O2/c17-13-4-1-3-12(9-13)16(21)20-8-2-5-14(10-20)22-15-6-7-18-11-19-15/h1,3-4,6-7,9,11,14H,2,5,8,10H2. The van der Waals surface area contributed by atoms with Gasteiger partial charge in [0.1, 0.15) is 12.4 Å². The van der Waals surface area contributed by atoms with Crippen molar-refractivity contribution in [3.05, 3.63) is 52.0 Å². The van der Waals surface area contributed by atoms with Gasteiger partial charge in [0.25, 0.3) is 5.91 Å². The molecule has 1 aromatic carbocycles. The van der Waals surface area contributed by atoms with Crippen LogP contribution in [0.3, 0.4) is 0 Å². The van der Waals surface area contributed by atoms with E-state index in [1.54, 1.807) is 12.3 Å². The van der Waals surface area contributed by atoms with E-state index in [9.17, 15) is 4.79 Å². The minimum Gasteiger partial charge on any atom is -0.472 e. The van der Waals surface area contributed by atoms with Crippen LogP contribution in [0.2, 0.25) is 0 Å². The molecule has 6 heteroatoms. The zero-order valence-corrected chi connectivity index (χ0v) is 14.1. The fourth-order valence-electron chi connectivity index (χ4n) is 2.54. The van der Waals surface area contributed by atoms with E-state index in [0.29, 0.717) is 12.4 Å². The highest BCUT2D eigenvalue weighted by Gasteiger charge is 2.26. The molecule has 1 saturated heterocycles. The molecule has 0 aliphatic carbocycles. The predicted molar refractivity (Wildman–Crippen MR) is 90.7 cm³/mol. The van der Waals surface area contributed by atoms with Crippen molar-refractivity contribution in [3.8, 4) is 5.88 Å². The van der Waals surface area contributed by atoms with E-state index in [1.807, 2.05) is 29.2 Å². The molecule has 22 heavy (non-hydrogen) atoms. The second-order valence-corrected chi connectivity index (χ2v) is 6.44. The largest absolute Gasteiger partial charge is 0.472 e. The van der Waals surface area contributed by atoms with Crippen molar-refractivity contribution in [3.63, 3.8) is 0 Å². The third-order valence-electron chi connectivity index (χ3n) is 3.58. The van der Waals surface area contributed by atoms with Gasteiger partial charge < -0.3 is 9.64 Å². The smallest absolute Gasteiger partial charge is 0.254 e. The van der Waals surface area contributed by atoms with Crippen LogP contribution in [0.25, 0.3) is 0 Å². The molecule has 1 aliphatic rings. The Hall–Kier alpha value is -1.70. The lowest BCUT2D eigenvalue weighted by Gasteiger charge is -2.32. The van der Waals surface area contributed by atoms with Crippen LogP contribution in [0, 0.1) is 3.57 Å². The van der Waals surface area contributed by atoms with Crippen LogP contribution in [0.1, 0.15) is 23.2 Å². The van der Waals surface area contributed by atoms with Crippen molar-refractivity contribution in [2.45, 2.75) is 18.9 Å². The third-order valence-corrected chi connectivity index (χ3v) is 4.25. The second kappa shape index (κ2) is 7.04. The number of piperidine rings is 1. The van der Waals surface area contributed by atoms with Crippen LogP contribution in [0.15, 0.2) is 42.9 Å². The molecule has 0 radical (unpaired) electrons. The molecule has 1 aromatic heterocycles. The zero-order valence-electron chi connectivity index (χ0n) is 12.0. The van der Waals surface area contributed by atoms with E-state index in [4.69, 9.17) is 4.74 Å². The Kier molecular flexibility index (Phi) is 4.87. The van der Waals surface area contributed by atoms with E-state index in [0.717, 1.165) is 28.5 Å². The molecule has 0 N–H and O–H groups in total. The van der Waals surface area contributed by atoms with Gasteiger partial charge in [-0.3, -0.25) is 4.79 Å². The summed E-state index contributed by atoms with van der Waals surface area (Å²) in [5.41, 5.74) is 0.731. The summed E-state index contributed by atoms with van der Waals surface area (Å²) < 4.78 is 6.91. The van der Waals surface area contributed by atoms with Crippen molar-refractivity contribution < 1.29 is 9.53 Å². The minimum absolute atomic E-state index is 0.0182. The maximum absolute atomic E-state index is 12.6. The number of rotatable bonds is 3. The minimum atomic E-state index is -0.0182. The number of hydrogen-bond donors (Lipinski definition) is 0. The SMILES string of the molecule is O=C(c1cccc(I)c1)N1CCCC(Oc2ccncn2)C1. The summed E-state index contributed by atoms with van der Waals surface area (Å²) in [5, 5.41) is 0. The highest BCUT2D eigenvalue weighted by molar-refractivity contribution is 14.1. The van der Waals surface area contributed by atoms with Crippen molar-refractivity contribution in [2.75, 3.05) is 13.1 Å². The van der Waals surface area contributed by atoms with Gasteiger partial charge in [-0.05, 0) is 53.6 Å². The Morgan fingerprint density at radius 2 is 2.27 bits per heavy atom. The molecular formula is C16H16IN3O2. The summed E-state index contributed by atoms with van der Waals surface area (Å²) in [7, 11) is 0. The molecule has 114 valence electrons. The maximum atomic E-state index is 12.6. The Morgan fingerprint density at radius 3 is 3.05 bits per heavy atom. The van der Waals surface area contributed by atoms with E-state index in [1.165, 1.54) is 6.33 Å². The van der Waals surface area contributed by atoms with Crippen molar-refractivity contribution in [1.82, 2.24) is 14.9 Å². The van der Waals surface area contributed by atoms with Gasteiger partial charge in [0.15, 0.2) is 0 Å². The summed E-state index contributed by atoms with van der Waals surface area (Å²) in [6.07, 6.45) is 4.97. The van der Waals surface area contributed by atoms with E-state index in [-0.39, 0.29) is 12.0 Å². The van der Waals surface area contributed by atoms with Crippen LogP contribution >= 0.6 is 22.6 Å². The van der Waals surface area contributed by atoms with Crippen LogP contribution < -0.4 is 4.74 Å². The molecular weight excluding hydrogens is 393 g/mol. The Labute approximate surface area is 142 Å². The number of benzene rings is 1. The van der Waals surface area contributed by atoms with Gasteiger partial charge in [0, 0.05) is 27.9 Å². The van der Waals surface area contributed by atoms with Gasteiger partial charge in [-0.1, -0.05) is 6.07 Å². The van der Waals surface area contributed by atoms with Crippen LogP contribution in [-0.2, 0) is 0 Å². The number of ether oxygens (including phenoxy) is 1. The van der Waals surface area contributed by atoms with Crippen LogP contribution in [0.5, 0.6) is 5.88 Å². The van der Waals surface area contributed by atoms with Crippen molar-refractivity contribution in [2.24, 2.45) is 0 Å². The lowest BCUT2D eigenvalue weighted by atomic mass is 10.1. The van der Waals surface area contributed by atoms with Gasteiger partial charge in [0.2, 0.25) is 5.88 Å². The average Bonchev–Trinajstić information content (AvgIpc) is 2.55. The number of carbonyl (C=O) groups excluding carboxylic acids is 1. The lowest BCUT2D eigenvalue weighted by molar-refractivity contribution is 0.0527. The highest BCUT2D eigenvalue weighted by atomic mass is 127. The number of carbonyl (C=O) groups is 1. The molecule has 1 unspecified atom stereocenters. The topological polar surface area (TPSA) is 55.3 Å². The average molecular weight is 409 g/mol. The first kappa shape index (κ1) is 15.2. The molecule has 1 amide bonds. The highest BCUT2D eigenvalue weighted by Crippen LogP contribution is 2.18. The number of aromatic nitrogens is 2. The van der Waals surface area contributed by atoms with Gasteiger partial charge in [0.05, 0.1) is 6.54 Å². The molecule has 0 spiro atoms. The number of likely N-dealkylation sites (tertiary alicyclic amines) is 1. The van der Waals surface area contributed by atoms with E-state index < -0.39 is 0 Å². The fourth-order valence-corrected chi connectivity index (χ4v) is 3.09. The van der Waals surface area contributed by atoms with Gasteiger partial charge in [-0.25, -0.2) is 9.97 Å². The number of nitrogens with zero attached hydrogens (tertiary/aromatic N) is 3. The maximum Gasteiger partial charge on any atom is 0.254 e. The molecule has 0 saturated carbocycles. The Balaban J connectivity index is 1.66. The van der Waals surface area contributed by atoms with Crippen LogP contribution in [-0.4, -0.2) is 40.0 Å². The third kappa shape index (κ3) is 3.73. The molecule has 5 nitrogen and oxygen atoms in total. The van der Waals surface area contributed by atoms with Crippen molar-refractivity contribution >= 4 is 28.5 Å². The van der Waals surface area contributed by atoms with Crippen molar-refractivity contribution in [1.29, 1.82) is 0 Å². The van der Waals surface area contributed by atoms with E-state index in [2.05, 4.69) is 32.6 Å². The summed E-state index contributed by atoms with van der Waals surface area (Å²) in [4.78, 5) is 22.4. The Bertz CT molecular complexity index is 651.